The van der Waals surface area contributed by atoms with Crippen molar-refractivity contribution in [3.05, 3.63) is 23.2 Å². The standard InChI is InChI=1S/C16H20ClN3OS/c1-10(15(21)18-12-5-3-4-6-12)22-16-19-13-9-11(17)7-8-14(13)20(16)2/h7-10,12H,3-6H2,1-2H3,(H,18,21)/t10-/m1/s1. The number of thioether (sulfide) groups is 1. The van der Waals surface area contributed by atoms with Crippen molar-refractivity contribution in [3.63, 3.8) is 0 Å². The largest absolute Gasteiger partial charge is 0.352 e. The molecule has 6 heteroatoms. The summed E-state index contributed by atoms with van der Waals surface area (Å²) in [5, 5.41) is 4.50. The summed E-state index contributed by atoms with van der Waals surface area (Å²) in [6.07, 6.45) is 4.65. The fourth-order valence-corrected chi connectivity index (χ4v) is 3.92. The summed E-state index contributed by atoms with van der Waals surface area (Å²) in [5.41, 5.74) is 1.89. The molecule has 1 aliphatic rings. The minimum atomic E-state index is -0.161. The van der Waals surface area contributed by atoms with Gasteiger partial charge in [0.2, 0.25) is 5.91 Å². The molecule has 0 unspecified atom stereocenters. The number of nitrogens with zero attached hydrogens (tertiary/aromatic N) is 2. The number of carbonyl (C=O) groups excluding carboxylic acids is 1. The minimum absolute atomic E-state index is 0.0991. The van der Waals surface area contributed by atoms with Crippen molar-refractivity contribution in [1.29, 1.82) is 0 Å². The molecule has 3 rings (SSSR count). The van der Waals surface area contributed by atoms with Gasteiger partial charge in [-0.25, -0.2) is 4.98 Å². The van der Waals surface area contributed by atoms with Crippen molar-refractivity contribution >= 4 is 40.3 Å². The second kappa shape index (κ2) is 6.50. The smallest absolute Gasteiger partial charge is 0.233 e. The molecule has 0 aliphatic heterocycles. The quantitative estimate of drug-likeness (QED) is 0.864. The van der Waals surface area contributed by atoms with Crippen LogP contribution < -0.4 is 5.32 Å². The third-order valence-electron chi connectivity index (χ3n) is 4.15. The Morgan fingerprint density at radius 3 is 2.91 bits per heavy atom. The summed E-state index contributed by atoms with van der Waals surface area (Å²) >= 11 is 7.50. The number of hydrogen-bond acceptors (Lipinski definition) is 3. The van der Waals surface area contributed by atoms with Crippen LogP contribution in [-0.4, -0.2) is 26.8 Å². The maximum atomic E-state index is 12.3. The molecule has 1 fully saturated rings. The van der Waals surface area contributed by atoms with Crippen LogP contribution in [0.1, 0.15) is 32.6 Å². The Labute approximate surface area is 139 Å². The number of hydrogen-bond donors (Lipinski definition) is 1. The van der Waals surface area contributed by atoms with Crippen molar-refractivity contribution in [2.24, 2.45) is 7.05 Å². The van der Waals surface area contributed by atoms with E-state index in [1.165, 1.54) is 24.6 Å². The van der Waals surface area contributed by atoms with E-state index in [0.717, 1.165) is 29.0 Å². The van der Waals surface area contributed by atoms with E-state index in [-0.39, 0.29) is 11.2 Å². The lowest BCUT2D eigenvalue weighted by molar-refractivity contribution is -0.120. The number of rotatable bonds is 4. The number of benzene rings is 1. The molecule has 22 heavy (non-hydrogen) atoms. The topological polar surface area (TPSA) is 46.9 Å². The molecule has 0 saturated heterocycles. The molecule has 1 amide bonds. The highest BCUT2D eigenvalue weighted by molar-refractivity contribution is 8.00. The van der Waals surface area contributed by atoms with E-state index in [1.54, 1.807) is 0 Å². The summed E-state index contributed by atoms with van der Waals surface area (Å²) in [7, 11) is 1.97. The zero-order valence-corrected chi connectivity index (χ0v) is 14.4. The zero-order chi connectivity index (χ0) is 15.7. The number of carbonyl (C=O) groups is 1. The summed E-state index contributed by atoms with van der Waals surface area (Å²) in [6.45, 7) is 1.93. The molecule has 0 bridgehead atoms. The van der Waals surface area contributed by atoms with E-state index in [2.05, 4.69) is 10.3 Å². The van der Waals surface area contributed by atoms with Crippen LogP contribution in [0.2, 0.25) is 5.02 Å². The number of fused-ring (bicyclic) bond motifs is 1. The van der Waals surface area contributed by atoms with Crippen molar-refractivity contribution in [2.45, 2.75) is 49.1 Å². The Balaban J connectivity index is 1.71. The molecule has 118 valence electrons. The van der Waals surface area contributed by atoms with Gasteiger partial charge in [0, 0.05) is 18.1 Å². The van der Waals surface area contributed by atoms with E-state index in [1.807, 2.05) is 36.7 Å². The number of halogens is 1. The second-order valence-electron chi connectivity index (χ2n) is 5.84. The van der Waals surface area contributed by atoms with Crippen LogP contribution >= 0.6 is 23.4 Å². The molecule has 1 N–H and O–H groups in total. The van der Waals surface area contributed by atoms with Gasteiger partial charge in [-0.05, 0) is 38.0 Å². The SMILES string of the molecule is C[C@@H](Sc1nc2cc(Cl)ccc2n1C)C(=O)NC1CCCC1. The lowest BCUT2D eigenvalue weighted by Crippen LogP contribution is -2.37. The first kappa shape index (κ1) is 15.7. The molecule has 2 aromatic rings. The molecular weight excluding hydrogens is 318 g/mol. The summed E-state index contributed by atoms with van der Waals surface area (Å²) in [6, 6.07) is 6.02. The Hall–Kier alpha value is -1.20. The lowest BCUT2D eigenvalue weighted by Gasteiger charge is -2.16. The van der Waals surface area contributed by atoms with Crippen LogP contribution in [0.5, 0.6) is 0 Å². The Kier molecular flexibility index (Phi) is 4.64. The Morgan fingerprint density at radius 1 is 1.45 bits per heavy atom. The molecule has 1 aliphatic carbocycles. The van der Waals surface area contributed by atoms with Gasteiger partial charge in [-0.2, -0.15) is 0 Å². The van der Waals surface area contributed by atoms with Crippen LogP contribution in [0.25, 0.3) is 11.0 Å². The molecule has 1 aromatic heterocycles. The number of amides is 1. The molecule has 1 heterocycles. The average molecular weight is 338 g/mol. The van der Waals surface area contributed by atoms with Crippen LogP contribution in [0, 0.1) is 0 Å². The van der Waals surface area contributed by atoms with Gasteiger partial charge in [-0.3, -0.25) is 4.79 Å². The predicted octanol–water partition coefficient (Wildman–Crippen LogP) is 3.77. The van der Waals surface area contributed by atoms with Crippen molar-refractivity contribution in [3.8, 4) is 0 Å². The second-order valence-corrected chi connectivity index (χ2v) is 7.58. The Bertz CT molecular complexity index is 694. The zero-order valence-electron chi connectivity index (χ0n) is 12.8. The molecule has 4 nitrogen and oxygen atoms in total. The van der Waals surface area contributed by atoms with Crippen LogP contribution in [0.4, 0.5) is 0 Å². The maximum Gasteiger partial charge on any atom is 0.233 e. The molecule has 1 atom stereocenters. The van der Waals surface area contributed by atoms with Crippen molar-refractivity contribution < 1.29 is 4.79 Å². The first-order chi connectivity index (χ1) is 10.5. The lowest BCUT2D eigenvalue weighted by atomic mass is 10.2. The van der Waals surface area contributed by atoms with Crippen LogP contribution in [0.3, 0.4) is 0 Å². The highest BCUT2D eigenvalue weighted by Gasteiger charge is 2.22. The van der Waals surface area contributed by atoms with Gasteiger partial charge in [0.25, 0.3) is 0 Å². The number of imidazole rings is 1. The third-order valence-corrected chi connectivity index (χ3v) is 5.53. The van der Waals surface area contributed by atoms with E-state index >= 15 is 0 Å². The summed E-state index contributed by atoms with van der Waals surface area (Å²) in [4.78, 5) is 16.9. The molecule has 0 radical (unpaired) electrons. The highest BCUT2D eigenvalue weighted by Crippen LogP contribution is 2.28. The molecule has 1 aromatic carbocycles. The van der Waals surface area contributed by atoms with Gasteiger partial charge in [0.15, 0.2) is 5.16 Å². The average Bonchev–Trinajstić information content (AvgIpc) is 3.08. The number of aryl methyl sites for hydroxylation is 1. The highest BCUT2D eigenvalue weighted by atomic mass is 35.5. The third kappa shape index (κ3) is 3.25. The molecule has 1 saturated carbocycles. The minimum Gasteiger partial charge on any atom is -0.352 e. The van der Waals surface area contributed by atoms with Crippen molar-refractivity contribution in [1.82, 2.24) is 14.9 Å². The van der Waals surface area contributed by atoms with Gasteiger partial charge in [-0.15, -0.1) is 0 Å². The molecular formula is C16H20ClN3OS. The van der Waals surface area contributed by atoms with Gasteiger partial charge < -0.3 is 9.88 Å². The van der Waals surface area contributed by atoms with Crippen LogP contribution in [0.15, 0.2) is 23.4 Å². The Morgan fingerprint density at radius 2 is 2.18 bits per heavy atom. The number of nitrogens with one attached hydrogen (secondary N) is 1. The van der Waals surface area contributed by atoms with Crippen molar-refractivity contribution in [2.75, 3.05) is 0 Å². The number of aromatic nitrogens is 2. The van der Waals surface area contributed by atoms with E-state index in [4.69, 9.17) is 11.6 Å². The fourth-order valence-electron chi connectivity index (χ4n) is 2.86. The van der Waals surface area contributed by atoms with Gasteiger partial charge in [-0.1, -0.05) is 36.2 Å². The van der Waals surface area contributed by atoms with Crippen LogP contribution in [-0.2, 0) is 11.8 Å². The van der Waals surface area contributed by atoms with Gasteiger partial charge >= 0.3 is 0 Å². The predicted molar refractivity (Wildman–Crippen MR) is 91.4 cm³/mol. The first-order valence-corrected chi connectivity index (χ1v) is 8.89. The maximum absolute atomic E-state index is 12.3. The van der Waals surface area contributed by atoms with E-state index < -0.39 is 0 Å². The monoisotopic (exact) mass is 337 g/mol. The van der Waals surface area contributed by atoms with Gasteiger partial charge in [0.1, 0.15) is 0 Å². The summed E-state index contributed by atoms with van der Waals surface area (Å²) in [5.74, 6) is 0.0991. The fraction of sp³-hybridized carbons (Fsp3) is 0.500. The summed E-state index contributed by atoms with van der Waals surface area (Å²) < 4.78 is 2.01. The van der Waals surface area contributed by atoms with E-state index in [9.17, 15) is 4.79 Å². The van der Waals surface area contributed by atoms with E-state index in [0.29, 0.717) is 11.1 Å². The first-order valence-electron chi connectivity index (χ1n) is 7.63. The van der Waals surface area contributed by atoms with Gasteiger partial charge in [0.05, 0.1) is 16.3 Å². The normalized spacial score (nSPS) is 17.0. The molecule has 0 spiro atoms.